The van der Waals surface area contributed by atoms with Crippen molar-refractivity contribution in [2.75, 3.05) is 6.54 Å². The van der Waals surface area contributed by atoms with Gasteiger partial charge in [-0.2, -0.15) is 0 Å². The van der Waals surface area contributed by atoms with Crippen LogP contribution < -0.4 is 10.6 Å². The Hall–Kier alpha value is -1.91. The summed E-state index contributed by atoms with van der Waals surface area (Å²) in [6.45, 7) is 0.658. The van der Waals surface area contributed by atoms with E-state index in [0.717, 1.165) is 19.3 Å². The molecule has 1 aliphatic heterocycles. The van der Waals surface area contributed by atoms with E-state index in [1.165, 1.54) is 5.56 Å². The second kappa shape index (κ2) is 6.87. The number of nitrogens with zero attached hydrogens (tertiary/aromatic N) is 1. The lowest BCUT2D eigenvalue weighted by atomic mass is 10.1. The summed E-state index contributed by atoms with van der Waals surface area (Å²) in [6.07, 6.45) is 7.62. The van der Waals surface area contributed by atoms with E-state index < -0.39 is 0 Å². The largest absolute Gasteiger partial charge is 0.354 e. The first kappa shape index (κ1) is 13.5. The van der Waals surface area contributed by atoms with Crippen molar-refractivity contribution in [3.05, 3.63) is 30.1 Å². The summed E-state index contributed by atoms with van der Waals surface area (Å²) in [5.41, 5.74) is 1.22. The smallest absolute Gasteiger partial charge is 0.242 e. The van der Waals surface area contributed by atoms with Gasteiger partial charge in [-0.3, -0.25) is 14.6 Å². The molecule has 1 aromatic rings. The zero-order chi connectivity index (χ0) is 13.5. The van der Waals surface area contributed by atoms with Crippen molar-refractivity contribution in [1.82, 2.24) is 15.6 Å². The maximum Gasteiger partial charge on any atom is 0.242 e. The number of hydrogen-bond acceptors (Lipinski definition) is 3. The Morgan fingerprint density at radius 1 is 1.47 bits per heavy atom. The van der Waals surface area contributed by atoms with Gasteiger partial charge in [0.1, 0.15) is 6.04 Å². The molecular weight excluding hydrogens is 242 g/mol. The van der Waals surface area contributed by atoms with Gasteiger partial charge >= 0.3 is 0 Å². The zero-order valence-corrected chi connectivity index (χ0v) is 10.9. The summed E-state index contributed by atoms with van der Waals surface area (Å²) in [5, 5.41) is 5.52. The average Bonchev–Trinajstić information content (AvgIpc) is 2.86. The zero-order valence-electron chi connectivity index (χ0n) is 10.9. The SMILES string of the molecule is O=C1CCC(C(=O)NCCCCc2cccnc2)N1. The highest BCUT2D eigenvalue weighted by Crippen LogP contribution is 2.06. The molecule has 1 atom stereocenters. The Balaban J connectivity index is 1.57. The molecule has 0 aliphatic carbocycles. The Bertz CT molecular complexity index is 434. The second-order valence-corrected chi connectivity index (χ2v) is 4.77. The van der Waals surface area contributed by atoms with E-state index in [0.29, 0.717) is 19.4 Å². The van der Waals surface area contributed by atoms with Crippen LogP contribution in [0.15, 0.2) is 24.5 Å². The first-order valence-electron chi connectivity index (χ1n) is 6.71. The van der Waals surface area contributed by atoms with E-state index in [1.54, 1.807) is 6.20 Å². The number of unbranched alkanes of at least 4 members (excludes halogenated alkanes) is 1. The van der Waals surface area contributed by atoms with Crippen molar-refractivity contribution in [1.29, 1.82) is 0 Å². The summed E-state index contributed by atoms with van der Waals surface area (Å²) in [4.78, 5) is 26.7. The monoisotopic (exact) mass is 261 g/mol. The van der Waals surface area contributed by atoms with Crippen molar-refractivity contribution in [2.45, 2.75) is 38.1 Å². The number of aromatic nitrogens is 1. The molecule has 1 saturated heterocycles. The number of hydrogen-bond donors (Lipinski definition) is 2. The molecule has 19 heavy (non-hydrogen) atoms. The molecule has 1 aliphatic rings. The van der Waals surface area contributed by atoms with Crippen LogP contribution in [0.2, 0.25) is 0 Å². The minimum absolute atomic E-state index is 0.0308. The lowest BCUT2D eigenvalue weighted by molar-refractivity contribution is -0.125. The molecule has 0 bridgehead atoms. The summed E-state index contributed by atoms with van der Waals surface area (Å²) < 4.78 is 0. The van der Waals surface area contributed by atoms with Gasteiger partial charge in [0.2, 0.25) is 11.8 Å². The molecular formula is C14H19N3O2. The van der Waals surface area contributed by atoms with Crippen LogP contribution in [0.4, 0.5) is 0 Å². The number of aryl methyl sites for hydroxylation is 1. The van der Waals surface area contributed by atoms with Gasteiger partial charge < -0.3 is 10.6 Å². The van der Waals surface area contributed by atoms with Crippen molar-refractivity contribution >= 4 is 11.8 Å². The molecule has 0 radical (unpaired) electrons. The molecule has 0 aromatic carbocycles. The fourth-order valence-electron chi connectivity index (χ4n) is 2.15. The normalized spacial score (nSPS) is 18.1. The standard InChI is InChI=1S/C14H19N3O2/c18-13-7-6-12(17-13)14(19)16-9-2-1-4-11-5-3-8-15-10-11/h3,5,8,10,12H,1-2,4,6-7,9H2,(H,16,19)(H,17,18). The number of amides is 2. The molecule has 102 valence electrons. The van der Waals surface area contributed by atoms with Crippen molar-refractivity contribution < 1.29 is 9.59 Å². The maximum atomic E-state index is 11.7. The van der Waals surface area contributed by atoms with Crippen molar-refractivity contribution in [2.24, 2.45) is 0 Å². The molecule has 1 aromatic heterocycles. The Kier molecular flexibility index (Phi) is 4.89. The van der Waals surface area contributed by atoms with Crippen LogP contribution in [-0.2, 0) is 16.0 Å². The Morgan fingerprint density at radius 3 is 3.05 bits per heavy atom. The molecule has 5 nitrogen and oxygen atoms in total. The van der Waals surface area contributed by atoms with Crippen molar-refractivity contribution in [3.63, 3.8) is 0 Å². The molecule has 2 N–H and O–H groups in total. The summed E-state index contributed by atoms with van der Waals surface area (Å²) in [5.74, 6) is -0.0936. The van der Waals surface area contributed by atoms with E-state index in [2.05, 4.69) is 21.7 Å². The molecule has 0 saturated carbocycles. The van der Waals surface area contributed by atoms with Gasteiger partial charge in [0, 0.05) is 25.4 Å². The van der Waals surface area contributed by atoms with E-state index in [9.17, 15) is 9.59 Å². The van der Waals surface area contributed by atoms with Gasteiger partial charge in [0.15, 0.2) is 0 Å². The van der Waals surface area contributed by atoms with Crippen LogP contribution in [0.5, 0.6) is 0 Å². The van der Waals surface area contributed by atoms with E-state index in [1.807, 2.05) is 12.3 Å². The molecule has 5 heteroatoms. The first-order valence-corrected chi connectivity index (χ1v) is 6.71. The molecule has 2 heterocycles. The van der Waals surface area contributed by atoms with Crippen molar-refractivity contribution in [3.8, 4) is 0 Å². The lowest BCUT2D eigenvalue weighted by Gasteiger charge is -2.10. The van der Waals surface area contributed by atoms with E-state index >= 15 is 0 Å². The van der Waals surface area contributed by atoms with Crippen LogP contribution in [-0.4, -0.2) is 29.4 Å². The highest BCUT2D eigenvalue weighted by Gasteiger charge is 2.26. The van der Waals surface area contributed by atoms with Gasteiger partial charge in [-0.1, -0.05) is 6.07 Å². The van der Waals surface area contributed by atoms with Gasteiger partial charge in [-0.25, -0.2) is 0 Å². The fraction of sp³-hybridized carbons (Fsp3) is 0.500. The average molecular weight is 261 g/mol. The maximum absolute atomic E-state index is 11.7. The minimum atomic E-state index is -0.328. The van der Waals surface area contributed by atoms with Gasteiger partial charge in [-0.15, -0.1) is 0 Å². The predicted octanol–water partition coefficient (Wildman–Crippen LogP) is 0.799. The van der Waals surface area contributed by atoms with Crippen LogP contribution >= 0.6 is 0 Å². The molecule has 1 unspecified atom stereocenters. The number of carbonyl (C=O) groups is 2. The van der Waals surface area contributed by atoms with E-state index in [4.69, 9.17) is 0 Å². The fourth-order valence-corrected chi connectivity index (χ4v) is 2.15. The first-order chi connectivity index (χ1) is 9.25. The van der Waals surface area contributed by atoms with Gasteiger partial charge in [-0.05, 0) is 37.3 Å². The Labute approximate surface area is 112 Å². The summed E-state index contributed by atoms with van der Waals surface area (Å²) >= 11 is 0. The molecule has 2 rings (SSSR count). The number of rotatable bonds is 6. The number of pyridine rings is 1. The van der Waals surface area contributed by atoms with Crippen LogP contribution in [0.3, 0.4) is 0 Å². The second-order valence-electron chi connectivity index (χ2n) is 4.77. The molecule has 2 amide bonds. The topological polar surface area (TPSA) is 71.1 Å². The van der Waals surface area contributed by atoms with Gasteiger partial charge in [0.05, 0.1) is 0 Å². The quantitative estimate of drug-likeness (QED) is 0.744. The number of nitrogens with one attached hydrogen (secondary N) is 2. The Morgan fingerprint density at radius 2 is 2.37 bits per heavy atom. The molecule has 1 fully saturated rings. The summed E-state index contributed by atoms with van der Waals surface area (Å²) in [7, 11) is 0. The highest BCUT2D eigenvalue weighted by molar-refractivity contribution is 5.90. The predicted molar refractivity (Wildman–Crippen MR) is 71.3 cm³/mol. The minimum Gasteiger partial charge on any atom is -0.354 e. The summed E-state index contributed by atoms with van der Waals surface area (Å²) in [6, 6.07) is 3.66. The van der Waals surface area contributed by atoms with Gasteiger partial charge in [0.25, 0.3) is 0 Å². The van der Waals surface area contributed by atoms with E-state index in [-0.39, 0.29) is 17.9 Å². The third kappa shape index (κ3) is 4.35. The lowest BCUT2D eigenvalue weighted by Crippen LogP contribution is -2.41. The number of carbonyl (C=O) groups excluding carboxylic acids is 2. The highest BCUT2D eigenvalue weighted by atomic mass is 16.2. The third-order valence-electron chi connectivity index (χ3n) is 3.23. The third-order valence-corrected chi connectivity index (χ3v) is 3.23. The van der Waals surface area contributed by atoms with Crippen LogP contribution in [0.25, 0.3) is 0 Å². The van der Waals surface area contributed by atoms with Crippen LogP contribution in [0.1, 0.15) is 31.2 Å². The van der Waals surface area contributed by atoms with Crippen LogP contribution in [0, 0.1) is 0 Å². The molecule has 0 spiro atoms.